The van der Waals surface area contributed by atoms with E-state index in [2.05, 4.69) is 5.32 Å². The fourth-order valence-electron chi connectivity index (χ4n) is 2.28. The standard InChI is InChI=1S/C18H16ClNO3/c1-12(17-9-13-5-2-3-8-16(13)23-17)20-18(21)11-22-15-7-4-6-14(19)10-15/h2-10,12H,11H2,1H3,(H,20,21)/t12-/m0/s1. The summed E-state index contributed by atoms with van der Waals surface area (Å²) in [6.45, 7) is 1.79. The molecule has 0 radical (unpaired) electrons. The normalized spacial score (nSPS) is 12.1. The maximum Gasteiger partial charge on any atom is 0.258 e. The summed E-state index contributed by atoms with van der Waals surface area (Å²) >= 11 is 5.87. The highest BCUT2D eigenvalue weighted by atomic mass is 35.5. The maximum absolute atomic E-state index is 12.0. The van der Waals surface area contributed by atoms with Crippen LogP contribution in [0.25, 0.3) is 11.0 Å². The Labute approximate surface area is 139 Å². The summed E-state index contributed by atoms with van der Waals surface area (Å²) in [5.41, 5.74) is 0.804. The van der Waals surface area contributed by atoms with Crippen LogP contribution in [0, 0.1) is 0 Å². The van der Waals surface area contributed by atoms with Crippen LogP contribution in [0.5, 0.6) is 5.75 Å². The molecule has 0 aliphatic heterocycles. The smallest absolute Gasteiger partial charge is 0.258 e. The van der Waals surface area contributed by atoms with Gasteiger partial charge >= 0.3 is 0 Å². The summed E-state index contributed by atoms with van der Waals surface area (Å²) in [6, 6.07) is 16.4. The monoisotopic (exact) mass is 329 g/mol. The third-order valence-electron chi connectivity index (χ3n) is 3.41. The number of para-hydroxylation sites is 1. The lowest BCUT2D eigenvalue weighted by Crippen LogP contribution is -2.31. The van der Waals surface area contributed by atoms with E-state index in [-0.39, 0.29) is 18.6 Å². The molecule has 0 saturated carbocycles. The summed E-state index contributed by atoms with van der Waals surface area (Å²) < 4.78 is 11.2. The van der Waals surface area contributed by atoms with Crippen LogP contribution in [0.3, 0.4) is 0 Å². The molecule has 2 aromatic carbocycles. The molecule has 4 nitrogen and oxygen atoms in total. The van der Waals surface area contributed by atoms with E-state index in [9.17, 15) is 4.79 Å². The first-order valence-corrected chi connectivity index (χ1v) is 7.66. The second-order valence-corrected chi connectivity index (χ2v) is 5.66. The van der Waals surface area contributed by atoms with Crippen LogP contribution in [0.15, 0.2) is 59.0 Å². The van der Waals surface area contributed by atoms with Gasteiger partial charge in [-0.25, -0.2) is 0 Å². The van der Waals surface area contributed by atoms with Gasteiger partial charge in [-0.05, 0) is 37.3 Å². The number of carbonyl (C=O) groups excluding carboxylic acids is 1. The molecule has 1 atom stereocenters. The Balaban J connectivity index is 1.58. The van der Waals surface area contributed by atoms with E-state index in [0.29, 0.717) is 16.5 Å². The lowest BCUT2D eigenvalue weighted by Gasteiger charge is -2.12. The zero-order chi connectivity index (χ0) is 16.2. The van der Waals surface area contributed by atoms with E-state index in [1.54, 1.807) is 24.3 Å². The van der Waals surface area contributed by atoms with E-state index < -0.39 is 0 Å². The third-order valence-corrected chi connectivity index (χ3v) is 3.65. The van der Waals surface area contributed by atoms with Gasteiger partial charge in [0.2, 0.25) is 0 Å². The predicted octanol–water partition coefficient (Wildman–Crippen LogP) is 4.34. The first-order valence-electron chi connectivity index (χ1n) is 7.28. The number of fused-ring (bicyclic) bond motifs is 1. The molecular weight excluding hydrogens is 314 g/mol. The molecule has 0 unspecified atom stereocenters. The van der Waals surface area contributed by atoms with Crippen LogP contribution in [0.4, 0.5) is 0 Å². The molecule has 0 saturated heterocycles. The van der Waals surface area contributed by atoms with Gasteiger partial charge in [-0.2, -0.15) is 0 Å². The highest BCUT2D eigenvalue weighted by molar-refractivity contribution is 6.30. The molecule has 118 valence electrons. The zero-order valence-corrected chi connectivity index (χ0v) is 13.3. The van der Waals surface area contributed by atoms with Crippen molar-refractivity contribution in [1.29, 1.82) is 0 Å². The molecule has 0 fully saturated rings. The number of hydrogen-bond donors (Lipinski definition) is 1. The first-order chi connectivity index (χ1) is 11.1. The second-order valence-electron chi connectivity index (χ2n) is 5.22. The molecular formula is C18H16ClNO3. The Hall–Kier alpha value is -2.46. The molecule has 3 aromatic rings. The summed E-state index contributed by atoms with van der Waals surface area (Å²) in [7, 11) is 0. The van der Waals surface area contributed by atoms with Crippen molar-refractivity contribution in [2.45, 2.75) is 13.0 Å². The minimum absolute atomic E-state index is 0.0785. The van der Waals surface area contributed by atoms with Crippen molar-refractivity contribution in [2.24, 2.45) is 0 Å². The Morgan fingerprint density at radius 2 is 2.04 bits per heavy atom. The number of amides is 1. The predicted molar refractivity (Wildman–Crippen MR) is 89.7 cm³/mol. The molecule has 5 heteroatoms. The Morgan fingerprint density at radius 3 is 2.83 bits per heavy atom. The van der Waals surface area contributed by atoms with Gasteiger partial charge in [0, 0.05) is 10.4 Å². The van der Waals surface area contributed by atoms with Crippen LogP contribution in [-0.2, 0) is 4.79 Å². The summed E-state index contributed by atoms with van der Waals surface area (Å²) in [5.74, 6) is 1.05. The van der Waals surface area contributed by atoms with Crippen LogP contribution < -0.4 is 10.1 Å². The second kappa shape index (κ2) is 6.75. The van der Waals surface area contributed by atoms with Gasteiger partial charge in [0.25, 0.3) is 5.91 Å². The summed E-state index contributed by atoms with van der Waals surface area (Å²) in [6.07, 6.45) is 0. The molecule has 0 spiro atoms. The van der Waals surface area contributed by atoms with E-state index in [1.165, 1.54) is 0 Å². The number of furan rings is 1. The van der Waals surface area contributed by atoms with Crippen molar-refractivity contribution in [3.63, 3.8) is 0 Å². The van der Waals surface area contributed by atoms with E-state index in [4.69, 9.17) is 20.8 Å². The Morgan fingerprint density at radius 1 is 1.22 bits per heavy atom. The van der Waals surface area contributed by atoms with Gasteiger partial charge in [0.05, 0.1) is 6.04 Å². The van der Waals surface area contributed by atoms with Crippen LogP contribution >= 0.6 is 11.6 Å². The molecule has 1 heterocycles. The van der Waals surface area contributed by atoms with Crippen molar-refractivity contribution < 1.29 is 13.9 Å². The highest BCUT2D eigenvalue weighted by Crippen LogP contribution is 2.23. The molecule has 1 N–H and O–H groups in total. The fourth-order valence-corrected chi connectivity index (χ4v) is 2.46. The van der Waals surface area contributed by atoms with Crippen LogP contribution in [-0.4, -0.2) is 12.5 Å². The Bertz CT molecular complexity index is 795. The number of nitrogens with one attached hydrogen (secondary N) is 1. The van der Waals surface area contributed by atoms with Gasteiger partial charge in [0.15, 0.2) is 6.61 Å². The van der Waals surface area contributed by atoms with Crippen molar-refractivity contribution in [3.8, 4) is 5.75 Å². The molecule has 1 amide bonds. The highest BCUT2D eigenvalue weighted by Gasteiger charge is 2.14. The quantitative estimate of drug-likeness (QED) is 0.757. The van der Waals surface area contributed by atoms with Gasteiger partial charge < -0.3 is 14.5 Å². The van der Waals surface area contributed by atoms with Crippen molar-refractivity contribution in [1.82, 2.24) is 5.32 Å². The third kappa shape index (κ3) is 3.85. The molecule has 23 heavy (non-hydrogen) atoms. The van der Waals surface area contributed by atoms with Crippen LogP contribution in [0.2, 0.25) is 5.02 Å². The number of halogens is 1. The maximum atomic E-state index is 12.0. The average molecular weight is 330 g/mol. The van der Waals surface area contributed by atoms with Crippen molar-refractivity contribution in [2.75, 3.05) is 6.61 Å². The van der Waals surface area contributed by atoms with Crippen LogP contribution in [0.1, 0.15) is 18.7 Å². The minimum Gasteiger partial charge on any atom is -0.484 e. The van der Waals surface area contributed by atoms with Gasteiger partial charge in [-0.1, -0.05) is 35.9 Å². The topological polar surface area (TPSA) is 51.5 Å². The average Bonchev–Trinajstić information content (AvgIpc) is 2.97. The van der Waals surface area contributed by atoms with Crippen molar-refractivity contribution in [3.05, 3.63) is 65.4 Å². The fraction of sp³-hybridized carbons (Fsp3) is 0.167. The molecule has 0 aliphatic carbocycles. The van der Waals surface area contributed by atoms with Gasteiger partial charge in [-0.3, -0.25) is 4.79 Å². The number of hydrogen-bond acceptors (Lipinski definition) is 3. The zero-order valence-electron chi connectivity index (χ0n) is 12.6. The Kier molecular flexibility index (Phi) is 4.53. The summed E-state index contributed by atoms with van der Waals surface area (Å²) in [5, 5.41) is 4.43. The van der Waals surface area contributed by atoms with Gasteiger partial charge in [0.1, 0.15) is 17.1 Å². The minimum atomic E-state index is -0.238. The lowest BCUT2D eigenvalue weighted by atomic mass is 10.2. The van der Waals surface area contributed by atoms with E-state index in [0.717, 1.165) is 11.0 Å². The number of benzene rings is 2. The van der Waals surface area contributed by atoms with Gasteiger partial charge in [-0.15, -0.1) is 0 Å². The SMILES string of the molecule is C[C@H](NC(=O)COc1cccc(Cl)c1)c1cc2ccccc2o1. The number of ether oxygens (including phenoxy) is 1. The molecule has 3 rings (SSSR count). The largest absolute Gasteiger partial charge is 0.484 e. The number of carbonyl (C=O) groups is 1. The first kappa shape index (κ1) is 15.4. The summed E-state index contributed by atoms with van der Waals surface area (Å²) in [4.78, 5) is 12.0. The lowest BCUT2D eigenvalue weighted by molar-refractivity contribution is -0.123. The molecule has 0 bridgehead atoms. The molecule has 0 aliphatic rings. The molecule has 1 aromatic heterocycles. The van der Waals surface area contributed by atoms with E-state index >= 15 is 0 Å². The van der Waals surface area contributed by atoms with E-state index in [1.807, 2.05) is 37.3 Å². The number of rotatable bonds is 5. The van der Waals surface area contributed by atoms with Crippen molar-refractivity contribution >= 4 is 28.5 Å².